The molecule has 0 unspecified atom stereocenters. The first-order valence-electron chi connectivity index (χ1n) is 31.4. The van der Waals surface area contributed by atoms with E-state index in [0.717, 1.165) is 0 Å². The Labute approximate surface area is 549 Å². The van der Waals surface area contributed by atoms with Gasteiger partial charge < -0.3 is 41.4 Å². The summed E-state index contributed by atoms with van der Waals surface area (Å²) in [6.45, 7) is 0. The summed E-state index contributed by atoms with van der Waals surface area (Å²) in [6, 6.07) is 65.6. The molecule has 466 valence electrons. The highest BCUT2D eigenvalue weighted by Crippen LogP contribution is 2.41. The summed E-state index contributed by atoms with van der Waals surface area (Å²) in [6.07, 6.45) is 8.25. The van der Waals surface area contributed by atoms with Gasteiger partial charge in [0, 0.05) is 89.3 Å². The third-order valence-electron chi connectivity index (χ3n) is 17.8. The van der Waals surface area contributed by atoms with E-state index in [0.29, 0.717) is 157 Å². The SMILES string of the molecule is O=C1Nc2cccc(c2)-c2c3nc(c4c5ccc([nH]5)c(c5nc(c(c6ccc2[nH]6)-c2cccc(c2)NC(=O)c2cccc(c2)CC(C(=O)O)Cc2cccc(c2)C(=O)Nc2cccc-4c2)C=C5)-c2cccc(c2)NC(=O)c2cccc(c2)CC(C(=O)O)Cc2cccc1c2)C=C3. The number of rotatable bonds is 2. The van der Waals surface area contributed by atoms with E-state index in [4.69, 9.17) is 9.97 Å². The molecule has 28 bridgehead atoms. The average Bonchev–Trinajstić information content (AvgIpc) is 1.61. The van der Waals surface area contributed by atoms with E-state index in [1.54, 1.807) is 121 Å². The van der Waals surface area contributed by atoms with Crippen LogP contribution in [0.15, 0.2) is 218 Å². The molecule has 0 spiro atoms. The first-order chi connectivity index (χ1) is 46.7. The largest absolute Gasteiger partial charge is 0.481 e. The quantitative estimate of drug-likeness (QED) is 0.0813. The van der Waals surface area contributed by atoms with Crippen LogP contribution in [0.25, 0.3) is 90.9 Å². The van der Waals surface area contributed by atoms with Crippen molar-refractivity contribution in [2.45, 2.75) is 25.7 Å². The third-order valence-corrected chi connectivity index (χ3v) is 17.8. The molecule has 11 aromatic rings. The topological polar surface area (TPSA) is 248 Å². The van der Waals surface area contributed by atoms with E-state index < -0.39 is 47.4 Å². The molecule has 0 radical (unpaired) electrons. The minimum atomic E-state index is -1.02. The van der Waals surface area contributed by atoms with Gasteiger partial charge in [0.15, 0.2) is 0 Å². The van der Waals surface area contributed by atoms with Crippen LogP contribution in [0.1, 0.15) is 86.5 Å². The minimum absolute atomic E-state index is 0.117. The van der Waals surface area contributed by atoms with Crippen molar-refractivity contribution >= 4 is 105 Å². The van der Waals surface area contributed by atoms with Crippen LogP contribution < -0.4 is 21.3 Å². The molecule has 8 N–H and O–H groups in total. The Morgan fingerprint density at radius 1 is 0.302 bits per heavy atom. The van der Waals surface area contributed by atoms with E-state index in [-0.39, 0.29) is 25.7 Å². The highest BCUT2D eigenvalue weighted by atomic mass is 16.4. The Hall–Kier alpha value is -12.8. The minimum Gasteiger partial charge on any atom is -0.481 e. The number of H-pyrrole nitrogens is 2. The highest BCUT2D eigenvalue weighted by Gasteiger charge is 2.26. The predicted octanol–water partition coefficient (Wildman–Crippen LogP) is 15.9. The van der Waals surface area contributed by atoms with E-state index in [2.05, 4.69) is 31.2 Å². The van der Waals surface area contributed by atoms with Gasteiger partial charge in [-0.2, -0.15) is 0 Å². The van der Waals surface area contributed by atoms with Crippen LogP contribution in [0.3, 0.4) is 0 Å². The smallest absolute Gasteiger partial charge is 0.307 e. The van der Waals surface area contributed by atoms with Crippen LogP contribution in [0.4, 0.5) is 22.7 Å². The molecular formula is C80H58N8O8. The lowest BCUT2D eigenvalue weighted by atomic mass is 9.91. The average molecular weight is 1260 g/mol. The Bertz CT molecular complexity index is 4720. The Kier molecular flexibility index (Phi) is 15.5. The fourth-order valence-corrected chi connectivity index (χ4v) is 13.2. The number of carbonyl (C=O) groups excluding carboxylic acids is 4. The van der Waals surface area contributed by atoms with Crippen LogP contribution in [-0.2, 0) is 35.3 Å². The number of aliphatic carboxylic acids is 2. The molecule has 0 saturated heterocycles. The van der Waals surface area contributed by atoms with Crippen molar-refractivity contribution < 1.29 is 39.0 Å². The Morgan fingerprint density at radius 2 is 0.531 bits per heavy atom. The van der Waals surface area contributed by atoms with E-state index in [1.165, 1.54) is 0 Å². The summed E-state index contributed by atoms with van der Waals surface area (Å²) in [5.41, 5.74) is 16.2. The molecule has 0 fully saturated rings. The van der Waals surface area contributed by atoms with Gasteiger partial charge in [0.1, 0.15) is 0 Å². The van der Waals surface area contributed by atoms with Gasteiger partial charge >= 0.3 is 11.9 Å². The molecule has 16 heteroatoms. The summed E-state index contributed by atoms with van der Waals surface area (Å²) in [4.78, 5) is 102. The third kappa shape index (κ3) is 12.2. The molecular weight excluding hydrogens is 1200 g/mol. The number of nitrogens with zero attached hydrogens (tertiary/aromatic N) is 2. The summed E-state index contributed by atoms with van der Waals surface area (Å²) in [7, 11) is 0. The summed E-state index contributed by atoms with van der Waals surface area (Å²) < 4.78 is 0. The van der Waals surface area contributed by atoms with Crippen LogP contribution in [0, 0.1) is 11.8 Å². The molecule has 8 aromatic carbocycles. The predicted molar refractivity (Wildman–Crippen MR) is 375 cm³/mol. The highest BCUT2D eigenvalue weighted by molar-refractivity contribution is 6.09. The fraction of sp³-hybridized carbons (Fsp3) is 0.0750. The number of aromatic nitrogens is 4. The number of aromatic amines is 2. The molecule has 96 heavy (non-hydrogen) atoms. The molecule has 9 heterocycles. The standard InChI is InChI=1S/C80H58N8O8/c89-75-53-17-1-9-45(33-53)37-57(79(93)94)38-46-10-2-18-54(34-46)76(90)82-60-22-6-14-50(42-60)74-69-31-29-67(87-69)72-51-15-7-23-61(43-51)83-77(91)55-19-3-11-47(35-55)39-58(80(95)96)40-48-12-4-20-56(36-48)78(92)84-62-24-8-16-52(44-62)73(68-30-32-70(74)88-68)66-28-26-64(86-66)71(63-25-27-65(72)85-63)49-13-5-21-59(41-49)81-75/h1-36,41-44,57-58,85,88H,37-40H2,(H,81,89)(H,82,90)(H,83,91)(H,84,92)(H,93,94)(H,95,96). The van der Waals surface area contributed by atoms with E-state index in [9.17, 15) is 39.0 Å². The van der Waals surface area contributed by atoms with Gasteiger partial charge in [-0.3, -0.25) is 28.8 Å². The summed E-state index contributed by atoms with van der Waals surface area (Å²) >= 11 is 0. The summed E-state index contributed by atoms with van der Waals surface area (Å²) in [5, 5.41) is 33.6. The zero-order chi connectivity index (χ0) is 65.6. The Balaban J connectivity index is 1.01. The molecule has 0 saturated carbocycles. The second-order valence-corrected chi connectivity index (χ2v) is 24.3. The molecule has 6 aliphatic heterocycles. The van der Waals surface area contributed by atoms with Crippen LogP contribution in [-0.4, -0.2) is 65.7 Å². The molecule has 3 aromatic heterocycles. The zero-order valence-electron chi connectivity index (χ0n) is 51.3. The number of carboxylic acids is 2. The van der Waals surface area contributed by atoms with Crippen molar-refractivity contribution in [2.75, 3.05) is 21.3 Å². The maximum Gasteiger partial charge on any atom is 0.307 e. The lowest BCUT2D eigenvalue weighted by Crippen LogP contribution is -2.20. The lowest BCUT2D eigenvalue weighted by Gasteiger charge is -2.15. The number of carboxylic acid groups (broad SMARTS) is 2. The number of benzene rings is 8. The van der Waals surface area contributed by atoms with Crippen molar-refractivity contribution in [3.8, 4) is 44.5 Å². The van der Waals surface area contributed by atoms with E-state index >= 15 is 0 Å². The normalized spacial score (nSPS) is 14.1. The second kappa shape index (κ2) is 25.0. The molecule has 6 aliphatic rings. The lowest BCUT2D eigenvalue weighted by molar-refractivity contribution is -0.142. The monoisotopic (exact) mass is 1260 g/mol. The van der Waals surface area contributed by atoms with Crippen molar-refractivity contribution in [1.82, 2.24) is 19.9 Å². The van der Waals surface area contributed by atoms with Gasteiger partial charge in [0.25, 0.3) is 23.6 Å². The number of amides is 4. The molecule has 0 atom stereocenters. The second-order valence-electron chi connectivity index (χ2n) is 24.3. The van der Waals surface area contributed by atoms with Gasteiger partial charge in [0.05, 0.1) is 34.6 Å². The van der Waals surface area contributed by atoms with E-state index in [1.807, 2.05) is 121 Å². The molecule has 4 amide bonds. The van der Waals surface area contributed by atoms with Crippen molar-refractivity contribution in [2.24, 2.45) is 11.8 Å². The van der Waals surface area contributed by atoms with Crippen molar-refractivity contribution in [3.05, 3.63) is 286 Å². The Morgan fingerprint density at radius 3 is 0.771 bits per heavy atom. The van der Waals surface area contributed by atoms with Crippen LogP contribution in [0.5, 0.6) is 0 Å². The first-order valence-corrected chi connectivity index (χ1v) is 31.4. The fourth-order valence-electron chi connectivity index (χ4n) is 13.2. The maximum absolute atomic E-state index is 14.4. The van der Waals surface area contributed by atoms with Gasteiger partial charge in [-0.1, -0.05) is 97.1 Å². The van der Waals surface area contributed by atoms with Gasteiger partial charge in [-0.15, -0.1) is 0 Å². The number of fused-ring (bicyclic) bond motifs is 8. The number of hydrogen-bond acceptors (Lipinski definition) is 8. The first kappa shape index (κ1) is 59.5. The molecule has 16 nitrogen and oxygen atoms in total. The summed E-state index contributed by atoms with van der Waals surface area (Å²) in [5.74, 6) is -5.45. The number of anilines is 4. The van der Waals surface area contributed by atoms with Crippen LogP contribution >= 0.6 is 0 Å². The number of carbonyl (C=O) groups is 6. The number of hydrogen-bond donors (Lipinski definition) is 8. The van der Waals surface area contributed by atoms with Gasteiger partial charge in [0.2, 0.25) is 0 Å². The van der Waals surface area contributed by atoms with Crippen LogP contribution in [0.2, 0.25) is 0 Å². The van der Waals surface area contributed by atoms with Crippen molar-refractivity contribution in [1.29, 1.82) is 0 Å². The molecule has 0 aliphatic carbocycles. The van der Waals surface area contributed by atoms with Gasteiger partial charge in [-0.25, -0.2) is 9.97 Å². The van der Waals surface area contributed by atoms with Gasteiger partial charge in [-0.05, 0) is 216 Å². The zero-order valence-corrected chi connectivity index (χ0v) is 51.3. The number of nitrogens with one attached hydrogen (secondary N) is 6. The van der Waals surface area contributed by atoms with Crippen molar-refractivity contribution in [3.63, 3.8) is 0 Å². The molecule has 17 rings (SSSR count). The maximum atomic E-state index is 14.4.